The summed E-state index contributed by atoms with van der Waals surface area (Å²) in [7, 11) is 1.58. The molecule has 0 aliphatic heterocycles. The van der Waals surface area contributed by atoms with Crippen LogP contribution in [0.2, 0.25) is 0 Å². The second kappa shape index (κ2) is 7.81. The van der Waals surface area contributed by atoms with Gasteiger partial charge in [-0.1, -0.05) is 0 Å². The largest absolute Gasteiger partial charge is 0.388 e. The molecule has 3 N–H and O–H groups in total. The molecule has 0 aliphatic rings. The lowest BCUT2D eigenvalue weighted by molar-refractivity contribution is 0.145. The molecule has 6 heteroatoms. The lowest BCUT2D eigenvalue weighted by Crippen LogP contribution is -2.31. The topological polar surface area (TPSA) is 62.3 Å². The van der Waals surface area contributed by atoms with Crippen LogP contribution in [0.1, 0.15) is 12.0 Å². The van der Waals surface area contributed by atoms with E-state index in [-0.39, 0.29) is 12.4 Å². The number of methoxy groups -OCH3 is 1. The first kappa shape index (κ1) is 15.5. The highest BCUT2D eigenvalue weighted by atomic mass is 19.1. The van der Waals surface area contributed by atoms with Crippen LogP contribution in [-0.2, 0) is 11.3 Å². The van der Waals surface area contributed by atoms with Crippen LogP contribution in [0.5, 0.6) is 0 Å². The van der Waals surface area contributed by atoms with Crippen LogP contribution < -0.4 is 5.73 Å². The van der Waals surface area contributed by atoms with Gasteiger partial charge in [0.05, 0.1) is 12.4 Å². The fraction of sp³-hybridized carbons (Fsp3) is 0.462. The molecule has 0 heterocycles. The predicted molar refractivity (Wildman–Crippen MR) is 70.0 cm³/mol. The Morgan fingerprint density at radius 1 is 1.37 bits per heavy atom. The van der Waals surface area contributed by atoms with Gasteiger partial charge in [-0.2, -0.15) is 0 Å². The van der Waals surface area contributed by atoms with E-state index in [4.69, 9.17) is 15.9 Å². The van der Waals surface area contributed by atoms with Crippen LogP contribution >= 0.6 is 0 Å². The van der Waals surface area contributed by atoms with Gasteiger partial charge in [0.15, 0.2) is 0 Å². The molecule has 0 saturated heterocycles. The summed E-state index contributed by atoms with van der Waals surface area (Å²) in [6.07, 6.45) is 0.390. The molecule has 0 radical (unpaired) electrons. The Balaban J connectivity index is 2.68. The summed E-state index contributed by atoms with van der Waals surface area (Å²) in [5.41, 5.74) is 5.60. The lowest BCUT2D eigenvalue weighted by Gasteiger charge is -2.22. The van der Waals surface area contributed by atoms with E-state index in [1.807, 2.05) is 4.90 Å². The van der Waals surface area contributed by atoms with E-state index in [2.05, 4.69) is 0 Å². The zero-order valence-corrected chi connectivity index (χ0v) is 11.0. The first-order valence-electron chi connectivity index (χ1n) is 6.01. The van der Waals surface area contributed by atoms with Crippen LogP contribution in [0.25, 0.3) is 0 Å². The third-order valence-corrected chi connectivity index (χ3v) is 2.71. The predicted octanol–water partition coefficient (Wildman–Crippen LogP) is 1.74. The minimum Gasteiger partial charge on any atom is -0.388 e. The highest BCUT2D eigenvalue weighted by Gasteiger charge is 2.10. The maximum Gasteiger partial charge on any atom is 0.127 e. The Hall–Kier alpha value is -1.53. The Morgan fingerprint density at radius 2 is 2.11 bits per heavy atom. The van der Waals surface area contributed by atoms with E-state index in [1.165, 1.54) is 6.07 Å². The minimum atomic E-state index is -0.463. The summed E-state index contributed by atoms with van der Waals surface area (Å²) < 4.78 is 31.6. The molecule has 0 fully saturated rings. The molecule has 0 aliphatic carbocycles. The average Bonchev–Trinajstić information content (AvgIpc) is 2.36. The molecule has 1 aromatic carbocycles. The molecular weight excluding hydrogens is 252 g/mol. The van der Waals surface area contributed by atoms with Crippen molar-refractivity contribution in [2.45, 2.75) is 13.0 Å². The number of nitrogens with two attached hydrogens (primary N) is 1. The molecule has 1 rings (SSSR count). The van der Waals surface area contributed by atoms with E-state index in [9.17, 15) is 8.78 Å². The lowest BCUT2D eigenvalue weighted by atomic mass is 10.2. The van der Waals surface area contributed by atoms with Gasteiger partial charge in [0, 0.05) is 38.7 Å². The van der Waals surface area contributed by atoms with Crippen molar-refractivity contribution < 1.29 is 13.5 Å². The maximum atomic E-state index is 13.6. The van der Waals surface area contributed by atoms with Crippen molar-refractivity contribution in [1.29, 1.82) is 5.41 Å². The summed E-state index contributed by atoms with van der Waals surface area (Å²) in [5.74, 6) is -0.830. The van der Waals surface area contributed by atoms with Gasteiger partial charge in [-0.05, 0) is 18.2 Å². The molecule has 0 saturated carbocycles. The van der Waals surface area contributed by atoms with Crippen molar-refractivity contribution in [3.63, 3.8) is 0 Å². The first-order chi connectivity index (χ1) is 9.02. The Bertz CT molecular complexity index is 426. The van der Waals surface area contributed by atoms with E-state index in [0.29, 0.717) is 31.7 Å². The van der Waals surface area contributed by atoms with Gasteiger partial charge in [-0.25, -0.2) is 8.78 Å². The van der Waals surface area contributed by atoms with Gasteiger partial charge in [-0.15, -0.1) is 0 Å². The molecule has 0 atom stereocenters. The summed E-state index contributed by atoms with van der Waals surface area (Å²) in [6, 6.07) is 3.39. The van der Waals surface area contributed by atoms with Crippen LogP contribution in [-0.4, -0.2) is 37.5 Å². The smallest absolute Gasteiger partial charge is 0.127 e. The van der Waals surface area contributed by atoms with Crippen molar-refractivity contribution in [2.75, 3.05) is 26.8 Å². The molecule has 0 unspecified atom stereocenters. The number of nitrogens with zero attached hydrogens (tertiary/aromatic N) is 1. The standard InChI is InChI=1S/C13H19F2N3O/c1-19-7-6-18(5-4-13(16)17)9-10-8-11(14)2-3-12(10)15/h2-3,8H,4-7,9H2,1H3,(H3,16,17). The molecule has 4 nitrogen and oxygen atoms in total. The third kappa shape index (κ3) is 5.76. The van der Waals surface area contributed by atoms with Gasteiger partial charge in [0.2, 0.25) is 0 Å². The van der Waals surface area contributed by atoms with Crippen LogP contribution in [0, 0.1) is 17.0 Å². The van der Waals surface area contributed by atoms with Crippen LogP contribution in [0.4, 0.5) is 8.78 Å². The van der Waals surface area contributed by atoms with Crippen molar-refractivity contribution in [1.82, 2.24) is 4.90 Å². The van der Waals surface area contributed by atoms with E-state index in [0.717, 1.165) is 12.1 Å². The normalized spacial score (nSPS) is 10.9. The van der Waals surface area contributed by atoms with E-state index >= 15 is 0 Å². The molecular formula is C13H19F2N3O. The average molecular weight is 271 g/mol. The summed E-state index contributed by atoms with van der Waals surface area (Å²) >= 11 is 0. The first-order valence-corrected chi connectivity index (χ1v) is 6.01. The minimum absolute atomic E-state index is 0.0714. The Morgan fingerprint density at radius 3 is 2.74 bits per heavy atom. The third-order valence-electron chi connectivity index (χ3n) is 2.71. The highest BCUT2D eigenvalue weighted by molar-refractivity contribution is 5.76. The van der Waals surface area contributed by atoms with Gasteiger partial charge in [0.25, 0.3) is 0 Å². The number of amidine groups is 1. The van der Waals surface area contributed by atoms with Crippen molar-refractivity contribution >= 4 is 5.84 Å². The number of benzene rings is 1. The fourth-order valence-corrected chi connectivity index (χ4v) is 1.67. The molecule has 0 aromatic heterocycles. The maximum absolute atomic E-state index is 13.6. The van der Waals surface area contributed by atoms with E-state index in [1.54, 1.807) is 7.11 Å². The Kier molecular flexibility index (Phi) is 6.38. The molecule has 19 heavy (non-hydrogen) atoms. The summed E-state index contributed by atoms with van der Waals surface area (Å²) in [4.78, 5) is 1.88. The number of nitrogens with one attached hydrogen (secondary N) is 1. The Labute approximate surface area is 111 Å². The second-order valence-electron chi connectivity index (χ2n) is 4.28. The molecule has 0 bridgehead atoms. The number of halogens is 2. The van der Waals surface area contributed by atoms with Gasteiger partial charge >= 0.3 is 0 Å². The fourth-order valence-electron chi connectivity index (χ4n) is 1.67. The number of hydrogen-bond acceptors (Lipinski definition) is 3. The number of rotatable bonds is 8. The van der Waals surface area contributed by atoms with Crippen molar-refractivity contribution in [2.24, 2.45) is 5.73 Å². The molecule has 106 valence electrons. The second-order valence-corrected chi connectivity index (χ2v) is 4.28. The highest BCUT2D eigenvalue weighted by Crippen LogP contribution is 2.12. The van der Waals surface area contributed by atoms with Crippen molar-refractivity contribution in [3.05, 3.63) is 35.4 Å². The zero-order valence-electron chi connectivity index (χ0n) is 11.0. The zero-order chi connectivity index (χ0) is 14.3. The SMILES string of the molecule is COCCN(CCC(=N)N)Cc1cc(F)ccc1F. The van der Waals surface area contributed by atoms with Crippen molar-refractivity contribution in [3.8, 4) is 0 Å². The molecule has 1 aromatic rings. The van der Waals surface area contributed by atoms with Gasteiger partial charge in [0.1, 0.15) is 11.6 Å². The van der Waals surface area contributed by atoms with Crippen LogP contribution in [0.15, 0.2) is 18.2 Å². The monoisotopic (exact) mass is 271 g/mol. The molecule has 0 spiro atoms. The molecule has 0 amide bonds. The quantitative estimate of drug-likeness (QED) is 0.559. The number of hydrogen-bond donors (Lipinski definition) is 2. The number of ether oxygens (including phenoxy) is 1. The van der Waals surface area contributed by atoms with Gasteiger partial charge < -0.3 is 10.5 Å². The van der Waals surface area contributed by atoms with Gasteiger partial charge in [-0.3, -0.25) is 10.3 Å². The summed E-state index contributed by atoms with van der Waals surface area (Å²) in [5, 5.41) is 7.21. The summed E-state index contributed by atoms with van der Waals surface area (Å²) in [6.45, 7) is 1.82. The van der Waals surface area contributed by atoms with E-state index < -0.39 is 11.6 Å². The van der Waals surface area contributed by atoms with Crippen LogP contribution in [0.3, 0.4) is 0 Å².